The van der Waals surface area contributed by atoms with Crippen molar-refractivity contribution < 1.29 is 19.4 Å². The molecule has 2 rings (SSSR count). The summed E-state index contributed by atoms with van der Waals surface area (Å²) in [5, 5.41) is 9.39. The zero-order valence-corrected chi connectivity index (χ0v) is 10.4. The summed E-state index contributed by atoms with van der Waals surface area (Å²) in [7, 11) is 0. The molecule has 0 unspecified atom stereocenters. The second-order valence-corrected chi connectivity index (χ2v) is 4.16. The van der Waals surface area contributed by atoms with Gasteiger partial charge in [0, 0.05) is 24.7 Å². The molecule has 1 aliphatic rings. The van der Waals surface area contributed by atoms with Crippen molar-refractivity contribution in [2.45, 2.75) is 13.5 Å². The normalized spacial score (nSPS) is 15.4. The highest BCUT2D eigenvalue weighted by molar-refractivity contribution is 5.71. The quantitative estimate of drug-likeness (QED) is 0.817. The van der Waals surface area contributed by atoms with E-state index in [2.05, 4.69) is 0 Å². The molecule has 0 atom stereocenters. The zero-order chi connectivity index (χ0) is 13.0. The van der Waals surface area contributed by atoms with Gasteiger partial charge in [0.2, 0.25) is 0 Å². The lowest BCUT2D eigenvalue weighted by molar-refractivity contribution is -0.144. The Labute approximate surface area is 106 Å². The summed E-state index contributed by atoms with van der Waals surface area (Å²) in [6.45, 7) is 4.23. The van der Waals surface area contributed by atoms with Gasteiger partial charge in [-0.1, -0.05) is 6.07 Å². The predicted octanol–water partition coefficient (Wildman–Crippen LogP) is 1.15. The van der Waals surface area contributed by atoms with Crippen LogP contribution in [0.1, 0.15) is 12.5 Å². The van der Waals surface area contributed by atoms with Crippen molar-refractivity contribution in [3.8, 4) is 11.5 Å². The van der Waals surface area contributed by atoms with Gasteiger partial charge in [-0.25, -0.2) is 0 Å². The van der Waals surface area contributed by atoms with Crippen LogP contribution in [-0.4, -0.2) is 42.3 Å². The third-order valence-corrected chi connectivity index (χ3v) is 2.77. The van der Waals surface area contributed by atoms with Crippen molar-refractivity contribution in [1.29, 1.82) is 0 Å². The summed E-state index contributed by atoms with van der Waals surface area (Å²) in [4.78, 5) is 13.4. The third kappa shape index (κ3) is 3.13. The molecule has 0 saturated heterocycles. The molecular formula is C13H17NO4. The number of aromatic hydroxyl groups is 1. The number of phenolic OH excluding ortho intramolecular Hbond substituents is 1. The number of hydrogen-bond acceptors (Lipinski definition) is 5. The van der Waals surface area contributed by atoms with Crippen molar-refractivity contribution >= 4 is 5.97 Å². The Kier molecular flexibility index (Phi) is 4.04. The lowest BCUT2D eigenvalue weighted by Gasteiger charge is -2.17. The number of phenols is 1. The maximum absolute atomic E-state index is 11.4. The highest BCUT2D eigenvalue weighted by Gasteiger charge is 2.18. The first-order chi connectivity index (χ1) is 8.69. The molecule has 0 saturated carbocycles. The largest absolute Gasteiger partial charge is 0.508 e. The molecule has 5 nitrogen and oxygen atoms in total. The molecule has 1 aromatic carbocycles. The van der Waals surface area contributed by atoms with Gasteiger partial charge in [-0.05, 0) is 13.0 Å². The van der Waals surface area contributed by atoms with E-state index < -0.39 is 0 Å². The summed E-state index contributed by atoms with van der Waals surface area (Å²) in [5.41, 5.74) is 0.967. The molecule has 5 heteroatoms. The molecule has 0 bridgehead atoms. The average molecular weight is 251 g/mol. The molecular weight excluding hydrogens is 234 g/mol. The molecule has 0 aliphatic carbocycles. The van der Waals surface area contributed by atoms with E-state index in [-0.39, 0.29) is 18.3 Å². The number of rotatable bonds is 3. The van der Waals surface area contributed by atoms with Gasteiger partial charge >= 0.3 is 5.97 Å². The van der Waals surface area contributed by atoms with E-state index in [4.69, 9.17) is 9.47 Å². The topological polar surface area (TPSA) is 59.0 Å². The maximum atomic E-state index is 11.4. The lowest BCUT2D eigenvalue weighted by atomic mass is 10.2. The van der Waals surface area contributed by atoms with E-state index in [0.717, 1.165) is 5.56 Å². The second kappa shape index (κ2) is 5.73. The summed E-state index contributed by atoms with van der Waals surface area (Å²) in [5.74, 6) is 0.647. The highest BCUT2D eigenvalue weighted by Crippen LogP contribution is 2.27. The number of hydrogen-bond donors (Lipinski definition) is 1. The number of nitrogens with zero attached hydrogens (tertiary/aromatic N) is 1. The van der Waals surface area contributed by atoms with Gasteiger partial charge in [-0.2, -0.15) is 0 Å². The number of benzene rings is 1. The van der Waals surface area contributed by atoms with Crippen LogP contribution in [0, 0.1) is 0 Å². The van der Waals surface area contributed by atoms with E-state index >= 15 is 0 Å². The Morgan fingerprint density at radius 2 is 2.39 bits per heavy atom. The van der Waals surface area contributed by atoms with Gasteiger partial charge in [-0.15, -0.1) is 0 Å². The van der Waals surface area contributed by atoms with Gasteiger partial charge in [0.05, 0.1) is 13.2 Å². The van der Waals surface area contributed by atoms with Crippen molar-refractivity contribution in [2.24, 2.45) is 0 Å². The van der Waals surface area contributed by atoms with Crippen LogP contribution in [0.15, 0.2) is 18.2 Å². The summed E-state index contributed by atoms with van der Waals surface area (Å²) < 4.78 is 10.5. The fourth-order valence-electron chi connectivity index (χ4n) is 1.94. The SMILES string of the molecule is CCOC(=O)CN1CCOc2cc(O)ccc2C1. The average Bonchev–Trinajstić information content (AvgIpc) is 2.50. The Hall–Kier alpha value is -1.75. The maximum Gasteiger partial charge on any atom is 0.320 e. The number of carbonyl (C=O) groups is 1. The third-order valence-electron chi connectivity index (χ3n) is 2.77. The Morgan fingerprint density at radius 1 is 1.56 bits per heavy atom. The van der Waals surface area contributed by atoms with Crippen molar-refractivity contribution in [3.05, 3.63) is 23.8 Å². The van der Waals surface area contributed by atoms with E-state index in [0.29, 0.717) is 32.1 Å². The molecule has 0 fully saturated rings. The first kappa shape index (κ1) is 12.7. The van der Waals surface area contributed by atoms with Crippen LogP contribution in [0.2, 0.25) is 0 Å². The van der Waals surface area contributed by atoms with Gasteiger partial charge in [0.15, 0.2) is 0 Å². The van der Waals surface area contributed by atoms with Crippen molar-refractivity contribution in [3.63, 3.8) is 0 Å². The van der Waals surface area contributed by atoms with Gasteiger partial charge in [0.1, 0.15) is 18.1 Å². The number of esters is 1. The number of ether oxygens (including phenoxy) is 2. The van der Waals surface area contributed by atoms with E-state index in [1.165, 1.54) is 0 Å². The van der Waals surface area contributed by atoms with Gasteiger partial charge in [0.25, 0.3) is 0 Å². The first-order valence-corrected chi connectivity index (χ1v) is 6.01. The molecule has 18 heavy (non-hydrogen) atoms. The summed E-state index contributed by atoms with van der Waals surface area (Å²) in [6.07, 6.45) is 0. The Bertz CT molecular complexity index is 433. The zero-order valence-electron chi connectivity index (χ0n) is 10.4. The summed E-state index contributed by atoms with van der Waals surface area (Å²) in [6, 6.07) is 5.04. The molecule has 1 aliphatic heterocycles. The van der Waals surface area contributed by atoms with Gasteiger partial charge < -0.3 is 14.6 Å². The molecule has 0 amide bonds. The van der Waals surface area contributed by atoms with Gasteiger partial charge in [-0.3, -0.25) is 9.69 Å². The second-order valence-electron chi connectivity index (χ2n) is 4.16. The Balaban J connectivity index is 2.05. The fourth-order valence-corrected chi connectivity index (χ4v) is 1.94. The van der Waals surface area contributed by atoms with Crippen LogP contribution in [0.25, 0.3) is 0 Å². The fraction of sp³-hybridized carbons (Fsp3) is 0.462. The van der Waals surface area contributed by atoms with Crippen LogP contribution < -0.4 is 4.74 Å². The summed E-state index contributed by atoms with van der Waals surface area (Å²) >= 11 is 0. The predicted molar refractivity (Wildman–Crippen MR) is 65.5 cm³/mol. The minimum atomic E-state index is -0.222. The standard InChI is InChI=1S/C13H17NO4/c1-2-17-13(16)9-14-5-6-18-12-7-11(15)4-3-10(12)8-14/h3-4,7,15H,2,5-6,8-9H2,1H3. The molecule has 0 spiro atoms. The minimum absolute atomic E-state index is 0.188. The smallest absolute Gasteiger partial charge is 0.320 e. The molecule has 1 aromatic rings. The van der Waals surface area contributed by atoms with Crippen LogP contribution in [-0.2, 0) is 16.1 Å². The van der Waals surface area contributed by atoms with E-state index in [1.807, 2.05) is 11.0 Å². The molecule has 1 heterocycles. The number of carbonyl (C=O) groups excluding carboxylic acids is 1. The molecule has 98 valence electrons. The van der Waals surface area contributed by atoms with Crippen molar-refractivity contribution in [2.75, 3.05) is 26.3 Å². The molecule has 1 N–H and O–H groups in total. The van der Waals surface area contributed by atoms with Crippen molar-refractivity contribution in [1.82, 2.24) is 4.90 Å². The van der Waals surface area contributed by atoms with Crippen LogP contribution >= 0.6 is 0 Å². The van der Waals surface area contributed by atoms with Crippen LogP contribution in [0.3, 0.4) is 0 Å². The van der Waals surface area contributed by atoms with E-state index in [1.54, 1.807) is 19.1 Å². The first-order valence-electron chi connectivity index (χ1n) is 6.01. The van der Waals surface area contributed by atoms with Crippen LogP contribution in [0.5, 0.6) is 11.5 Å². The monoisotopic (exact) mass is 251 g/mol. The highest BCUT2D eigenvalue weighted by atomic mass is 16.5. The van der Waals surface area contributed by atoms with Crippen LogP contribution in [0.4, 0.5) is 0 Å². The number of fused-ring (bicyclic) bond motifs is 1. The Morgan fingerprint density at radius 3 is 3.17 bits per heavy atom. The lowest BCUT2D eigenvalue weighted by Crippen LogP contribution is -2.32. The minimum Gasteiger partial charge on any atom is -0.508 e. The molecule has 0 radical (unpaired) electrons. The van der Waals surface area contributed by atoms with E-state index in [9.17, 15) is 9.90 Å². The molecule has 0 aromatic heterocycles.